The van der Waals surface area contributed by atoms with Crippen LogP contribution in [0, 0.1) is 11.6 Å². The van der Waals surface area contributed by atoms with Crippen LogP contribution >= 0.6 is 11.3 Å². The molecule has 1 aromatic heterocycles. The summed E-state index contributed by atoms with van der Waals surface area (Å²) in [4.78, 5) is 16.7. The Labute approximate surface area is 183 Å². The van der Waals surface area contributed by atoms with E-state index in [4.69, 9.17) is 0 Å². The second-order valence-corrected chi connectivity index (χ2v) is 10.0. The number of aliphatic hydroxyl groups is 2. The van der Waals surface area contributed by atoms with Gasteiger partial charge in [0, 0.05) is 18.5 Å². The Hall–Kier alpha value is -2.15. The van der Waals surface area contributed by atoms with Gasteiger partial charge in [-0.25, -0.2) is 26.5 Å². The number of sulfonamides is 1. The molecule has 12 heteroatoms. The molecule has 0 aliphatic heterocycles. The largest absolute Gasteiger partial charge is 0.390 e. The highest BCUT2D eigenvalue weighted by Gasteiger charge is 2.29. The van der Waals surface area contributed by atoms with Crippen molar-refractivity contribution in [3.8, 4) is 0 Å². The predicted octanol–water partition coefficient (Wildman–Crippen LogP) is 1.68. The van der Waals surface area contributed by atoms with Crippen molar-refractivity contribution in [1.29, 1.82) is 0 Å². The number of halogens is 2. The number of rotatable bonds is 10. The fourth-order valence-corrected chi connectivity index (χ4v) is 4.41. The highest BCUT2D eigenvalue weighted by atomic mass is 32.2. The monoisotopic (exact) mass is 477 g/mol. The molecule has 8 nitrogen and oxygen atoms in total. The molecule has 3 unspecified atom stereocenters. The van der Waals surface area contributed by atoms with Crippen LogP contribution in [-0.4, -0.2) is 61.1 Å². The van der Waals surface area contributed by atoms with Gasteiger partial charge in [0.2, 0.25) is 10.0 Å². The lowest BCUT2D eigenvalue weighted by Gasteiger charge is -2.27. The van der Waals surface area contributed by atoms with Crippen LogP contribution in [0.3, 0.4) is 0 Å². The van der Waals surface area contributed by atoms with Crippen LogP contribution in [-0.2, 0) is 16.4 Å². The number of nitrogens with one attached hydrogen (secondary N) is 1. The second kappa shape index (κ2) is 10.4. The number of benzene rings is 1. The molecule has 0 aliphatic rings. The lowest BCUT2D eigenvalue weighted by atomic mass is 9.95. The van der Waals surface area contributed by atoms with Crippen molar-refractivity contribution in [2.45, 2.75) is 44.4 Å². The van der Waals surface area contributed by atoms with Crippen molar-refractivity contribution in [3.63, 3.8) is 0 Å². The zero-order valence-corrected chi connectivity index (χ0v) is 18.9. The smallest absolute Gasteiger partial charge is 0.271 e. The molecular formula is C19H25F2N3O5S2. The van der Waals surface area contributed by atoms with E-state index in [0.29, 0.717) is 12.5 Å². The predicted molar refractivity (Wildman–Crippen MR) is 114 cm³/mol. The Bertz CT molecular complexity index is 995. The lowest BCUT2D eigenvalue weighted by molar-refractivity contribution is -0.00750. The number of thiazole rings is 1. The van der Waals surface area contributed by atoms with E-state index in [9.17, 15) is 32.2 Å². The Morgan fingerprint density at radius 1 is 1.26 bits per heavy atom. The van der Waals surface area contributed by atoms with Crippen molar-refractivity contribution in [3.05, 3.63) is 46.5 Å². The van der Waals surface area contributed by atoms with Gasteiger partial charge in [-0.2, -0.15) is 0 Å². The molecule has 1 heterocycles. The molecule has 0 fully saturated rings. The van der Waals surface area contributed by atoms with E-state index < -0.39 is 45.8 Å². The maximum Gasteiger partial charge on any atom is 0.271 e. The van der Waals surface area contributed by atoms with Gasteiger partial charge >= 0.3 is 0 Å². The molecule has 3 N–H and O–H groups in total. The normalized spacial score (nSPS) is 14.7. The minimum Gasteiger partial charge on any atom is -0.390 e. The number of nitrogens with zero attached hydrogens (tertiary/aromatic N) is 2. The number of hydrogen-bond acceptors (Lipinski definition) is 7. The molecule has 31 heavy (non-hydrogen) atoms. The average molecular weight is 478 g/mol. The van der Waals surface area contributed by atoms with Gasteiger partial charge in [-0.3, -0.25) is 4.79 Å². The second-order valence-electron chi connectivity index (χ2n) is 7.15. The minimum absolute atomic E-state index is 0.0722. The van der Waals surface area contributed by atoms with E-state index in [-0.39, 0.29) is 29.2 Å². The van der Waals surface area contributed by atoms with Crippen LogP contribution in [0.25, 0.3) is 0 Å². The molecule has 2 rings (SSSR count). The Morgan fingerprint density at radius 3 is 2.42 bits per heavy atom. The topological polar surface area (TPSA) is 120 Å². The zero-order chi connectivity index (χ0) is 23.3. The Balaban J connectivity index is 2.25. The van der Waals surface area contributed by atoms with E-state index in [1.807, 2.05) is 0 Å². The van der Waals surface area contributed by atoms with Crippen molar-refractivity contribution >= 4 is 32.4 Å². The molecule has 2 aromatic rings. The number of carbonyl (C=O) groups is 1. The summed E-state index contributed by atoms with van der Waals surface area (Å²) in [5.74, 6) is -2.35. The van der Waals surface area contributed by atoms with Gasteiger partial charge in [0.15, 0.2) is 5.13 Å². The van der Waals surface area contributed by atoms with Crippen molar-refractivity contribution in [2.75, 3.05) is 17.6 Å². The molecule has 0 saturated carbocycles. The molecule has 172 valence electrons. The van der Waals surface area contributed by atoms with E-state index in [1.165, 1.54) is 12.4 Å². The summed E-state index contributed by atoms with van der Waals surface area (Å²) in [5.41, 5.74) is 0.0874. The van der Waals surface area contributed by atoms with Crippen LogP contribution in [0.1, 0.15) is 35.8 Å². The van der Waals surface area contributed by atoms with Gasteiger partial charge in [0.05, 0.1) is 18.4 Å². The van der Waals surface area contributed by atoms with Crippen molar-refractivity contribution < 1.29 is 32.2 Å². The first-order valence-corrected chi connectivity index (χ1v) is 12.2. The molecule has 1 aromatic carbocycles. The van der Waals surface area contributed by atoms with Crippen LogP contribution in [0.4, 0.5) is 13.9 Å². The van der Waals surface area contributed by atoms with Gasteiger partial charge in [-0.1, -0.05) is 13.3 Å². The quantitative estimate of drug-likeness (QED) is 0.479. The number of hydrogen-bond donors (Lipinski definition) is 3. The fraction of sp³-hybridized carbons (Fsp3) is 0.474. The summed E-state index contributed by atoms with van der Waals surface area (Å²) in [6.07, 6.45) is -0.912. The van der Waals surface area contributed by atoms with Crippen LogP contribution in [0.5, 0.6) is 0 Å². The number of amides is 1. The molecule has 3 atom stereocenters. The Kier molecular flexibility index (Phi) is 8.46. The van der Waals surface area contributed by atoms with Gasteiger partial charge < -0.3 is 15.5 Å². The summed E-state index contributed by atoms with van der Waals surface area (Å²) in [6, 6.07) is 1.77. The first kappa shape index (κ1) is 25.1. The molecule has 0 radical (unpaired) electrons. The molecule has 0 spiro atoms. The summed E-state index contributed by atoms with van der Waals surface area (Å²) in [7, 11) is -2.27. The summed E-state index contributed by atoms with van der Waals surface area (Å²) < 4.78 is 51.3. The minimum atomic E-state index is -3.57. The molecule has 0 bridgehead atoms. The highest BCUT2D eigenvalue weighted by Crippen LogP contribution is 2.22. The summed E-state index contributed by atoms with van der Waals surface area (Å²) in [6.45, 7) is 1.81. The molecule has 0 saturated heterocycles. The van der Waals surface area contributed by atoms with E-state index in [1.54, 1.807) is 6.92 Å². The zero-order valence-electron chi connectivity index (χ0n) is 17.2. The Morgan fingerprint density at radius 2 is 1.87 bits per heavy atom. The first-order chi connectivity index (χ1) is 14.4. The standard InChI is InChI=1S/C19H25F2N3O5S2/c1-4-5-16(25)17(26)14(8-11-6-12(20)9-13(21)7-11)22-18(27)15-10-30-19(23-15)24(2)31(3,28)29/h6-7,9-10,14,16-17,25-26H,4-5,8H2,1-3H3,(H,22,27). The average Bonchev–Trinajstić information content (AvgIpc) is 3.15. The maximum absolute atomic E-state index is 13.6. The lowest BCUT2D eigenvalue weighted by Crippen LogP contribution is -2.50. The third-order valence-electron chi connectivity index (χ3n) is 4.58. The number of aliphatic hydroxyl groups excluding tert-OH is 2. The van der Waals surface area contributed by atoms with Crippen LogP contribution in [0.2, 0.25) is 0 Å². The highest BCUT2D eigenvalue weighted by molar-refractivity contribution is 7.92. The molecule has 1 amide bonds. The molecular weight excluding hydrogens is 452 g/mol. The van der Waals surface area contributed by atoms with Gasteiger partial charge in [0.25, 0.3) is 5.91 Å². The first-order valence-electron chi connectivity index (χ1n) is 9.43. The van der Waals surface area contributed by atoms with Crippen LogP contribution in [0.15, 0.2) is 23.6 Å². The fourth-order valence-electron chi connectivity index (χ4n) is 2.87. The van der Waals surface area contributed by atoms with Crippen molar-refractivity contribution in [1.82, 2.24) is 10.3 Å². The van der Waals surface area contributed by atoms with Crippen molar-refractivity contribution in [2.24, 2.45) is 0 Å². The van der Waals surface area contributed by atoms with E-state index in [2.05, 4.69) is 10.3 Å². The summed E-state index contributed by atoms with van der Waals surface area (Å²) >= 11 is 0.934. The maximum atomic E-state index is 13.6. The van der Waals surface area contributed by atoms with Crippen LogP contribution < -0.4 is 9.62 Å². The molecule has 0 aliphatic carbocycles. The van der Waals surface area contributed by atoms with E-state index >= 15 is 0 Å². The van der Waals surface area contributed by atoms with Gasteiger partial charge in [0.1, 0.15) is 23.4 Å². The third-order valence-corrected chi connectivity index (χ3v) is 6.78. The summed E-state index contributed by atoms with van der Waals surface area (Å²) in [5, 5.41) is 24.7. The van der Waals surface area contributed by atoms with E-state index in [0.717, 1.165) is 34.0 Å². The number of anilines is 1. The SMILES string of the molecule is CCCC(O)C(O)C(Cc1cc(F)cc(F)c1)NC(=O)c1csc(N(C)S(C)(=O)=O)n1. The number of carbonyl (C=O) groups excluding carboxylic acids is 1. The third kappa shape index (κ3) is 6.92. The van der Waals surface area contributed by atoms with Gasteiger partial charge in [-0.05, 0) is 30.5 Å². The van der Waals surface area contributed by atoms with Gasteiger partial charge in [-0.15, -0.1) is 11.3 Å². The number of aromatic nitrogens is 1.